The molecule has 2 rings (SSSR count). The monoisotopic (exact) mass is 240 g/mol. The van der Waals surface area contributed by atoms with Crippen LogP contribution in [0.5, 0.6) is 0 Å². The third kappa shape index (κ3) is 5.70. The zero-order valence-electron chi connectivity index (χ0n) is 10.4. The molecule has 0 aliphatic heterocycles. The number of benzene rings is 2. The van der Waals surface area contributed by atoms with Crippen molar-refractivity contribution >= 4 is 17.7 Å². The lowest BCUT2D eigenvalue weighted by Crippen LogP contribution is -1.62. The fourth-order valence-corrected chi connectivity index (χ4v) is 1.10. The van der Waals surface area contributed by atoms with E-state index in [0.29, 0.717) is 6.42 Å². The summed E-state index contributed by atoms with van der Waals surface area (Å²) in [5.41, 5.74) is 1.74. The molecule has 0 radical (unpaired) electrons. The second kappa shape index (κ2) is 8.82. The Morgan fingerprint density at radius 3 is 1.44 bits per heavy atom. The molecule has 0 aliphatic carbocycles. The molecule has 0 N–H and O–H groups in total. The summed E-state index contributed by atoms with van der Waals surface area (Å²) in [5.74, 6) is 0. The average Bonchev–Trinajstić information content (AvgIpc) is 2.47. The molecule has 0 saturated heterocycles. The largest absolute Gasteiger partial charge is 0.303 e. The van der Waals surface area contributed by atoms with Crippen LogP contribution in [0.15, 0.2) is 70.9 Å². The van der Waals surface area contributed by atoms with E-state index in [4.69, 9.17) is 0 Å². The van der Waals surface area contributed by atoms with E-state index in [1.54, 1.807) is 0 Å². The number of nitrogens with zero attached hydrogens (tertiary/aromatic N) is 2. The highest BCUT2D eigenvalue weighted by atomic mass is 16.1. The van der Waals surface area contributed by atoms with Gasteiger partial charge in [0, 0.05) is 6.42 Å². The first-order valence-electron chi connectivity index (χ1n) is 5.82. The highest BCUT2D eigenvalue weighted by Crippen LogP contribution is 2.16. The number of hydrogen-bond donors (Lipinski definition) is 0. The van der Waals surface area contributed by atoms with Gasteiger partial charge < -0.3 is 4.79 Å². The van der Waals surface area contributed by atoms with Crippen LogP contribution in [0.3, 0.4) is 0 Å². The quantitative estimate of drug-likeness (QED) is 0.566. The molecule has 0 bridgehead atoms. The number of azo groups is 1. The maximum absolute atomic E-state index is 9.17. The van der Waals surface area contributed by atoms with E-state index in [1.807, 2.05) is 67.6 Å². The molecule has 0 amide bonds. The lowest BCUT2D eigenvalue weighted by molar-refractivity contribution is -0.107. The van der Waals surface area contributed by atoms with Gasteiger partial charge in [-0.05, 0) is 24.3 Å². The second-order valence-electron chi connectivity index (χ2n) is 3.45. The van der Waals surface area contributed by atoms with Gasteiger partial charge in [-0.1, -0.05) is 43.3 Å². The standard InChI is InChI=1S/C12H10N2.C3H6O/c1-3-7-11(8-4-1)13-14-12-9-5-2-6-10-12;1-2-3-4/h1-10H;3H,2H2,1H3. The molecule has 0 fully saturated rings. The van der Waals surface area contributed by atoms with Crippen LogP contribution >= 0.6 is 0 Å². The van der Waals surface area contributed by atoms with E-state index in [1.165, 1.54) is 0 Å². The van der Waals surface area contributed by atoms with Gasteiger partial charge >= 0.3 is 0 Å². The van der Waals surface area contributed by atoms with Crippen LogP contribution in [-0.2, 0) is 4.79 Å². The summed E-state index contributed by atoms with van der Waals surface area (Å²) in [7, 11) is 0. The smallest absolute Gasteiger partial charge is 0.119 e. The lowest BCUT2D eigenvalue weighted by Gasteiger charge is -1.91. The number of rotatable bonds is 3. The summed E-state index contributed by atoms with van der Waals surface area (Å²) >= 11 is 0. The third-order valence-electron chi connectivity index (χ3n) is 1.96. The molecule has 92 valence electrons. The molecule has 2 aromatic rings. The van der Waals surface area contributed by atoms with Crippen molar-refractivity contribution in [1.29, 1.82) is 0 Å². The van der Waals surface area contributed by atoms with Crippen molar-refractivity contribution in [3.63, 3.8) is 0 Å². The zero-order chi connectivity index (χ0) is 13.1. The highest BCUT2D eigenvalue weighted by Gasteiger charge is 1.86. The fourth-order valence-electron chi connectivity index (χ4n) is 1.10. The van der Waals surface area contributed by atoms with Gasteiger partial charge in [-0.3, -0.25) is 0 Å². The summed E-state index contributed by atoms with van der Waals surface area (Å²) in [5, 5.41) is 8.20. The Labute approximate surface area is 107 Å². The van der Waals surface area contributed by atoms with Gasteiger partial charge in [0.1, 0.15) is 6.29 Å². The Balaban J connectivity index is 0.000000357. The predicted octanol–water partition coefficient (Wildman–Crippen LogP) is 4.70. The van der Waals surface area contributed by atoms with Gasteiger partial charge in [0.2, 0.25) is 0 Å². The molecule has 0 aromatic heterocycles. The Kier molecular flexibility index (Phi) is 6.75. The molecule has 0 heterocycles. The van der Waals surface area contributed by atoms with Gasteiger partial charge in [0.15, 0.2) is 0 Å². The molecule has 0 aliphatic rings. The first-order valence-corrected chi connectivity index (χ1v) is 5.82. The molecule has 2 aromatic carbocycles. The van der Waals surface area contributed by atoms with Crippen LogP contribution in [0.25, 0.3) is 0 Å². The van der Waals surface area contributed by atoms with Gasteiger partial charge in [-0.15, -0.1) is 0 Å². The van der Waals surface area contributed by atoms with E-state index in [2.05, 4.69) is 10.2 Å². The SMILES string of the molecule is CCC=O.c1ccc(N=Nc2ccccc2)cc1. The molecular formula is C15H16N2O. The maximum atomic E-state index is 9.17. The van der Waals surface area contributed by atoms with Gasteiger partial charge in [-0.2, -0.15) is 10.2 Å². The van der Waals surface area contributed by atoms with Crippen LogP contribution in [0.1, 0.15) is 13.3 Å². The highest BCUT2D eigenvalue weighted by molar-refractivity contribution is 5.48. The number of carbonyl (C=O) groups excluding carboxylic acids is 1. The molecule has 3 nitrogen and oxygen atoms in total. The number of aldehydes is 1. The van der Waals surface area contributed by atoms with Crippen molar-refractivity contribution < 1.29 is 4.79 Å². The van der Waals surface area contributed by atoms with Crippen molar-refractivity contribution in [3.8, 4) is 0 Å². The molecule has 3 heteroatoms. The molecule has 0 saturated carbocycles. The van der Waals surface area contributed by atoms with E-state index < -0.39 is 0 Å². The fraction of sp³-hybridized carbons (Fsp3) is 0.133. The van der Waals surface area contributed by atoms with E-state index in [9.17, 15) is 4.79 Å². The summed E-state index contributed by atoms with van der Waals surface area (Å²) in [4.78, 5) is 9.17. The van der Waals surface area contributed by atoms with Crippen molar-refractivity contribution in [1.82, 2.24) is 0 Å². The van der Waals surface area contributed by atoms with E-state index in [0.717, 1.165) is 17.7 Å². The first-order chi connectivity index (χ1) is 8.86. The van der Waals surface area contributed by atoms with Crippen LogP contribution in [0, 0.1) is 0 Å². The summed E-state index contributed by atoms with van der Waals surface area (Å²) in [6, 6.07) is 19.4. The normalized spacial score (nSPS) is 9.61. The van der Waals surface area contributed by atoms with Crippen LogP contribution in [0.2, 0.25) is 0 Å². The Morgan fingerprint density at radius 2 is 1.17 bits per heavy atom. The van der Waals surface area contributed by atoms with Gasteiger partial charge in [0.25, 0.3) is 0 Å². The molecule has 0 spiro atoms. The maximum Gasteiger partial charge on any atom is 0.119 e. The van der Waals surface area contributed by atoms with Crippen LogP contribution in [0.4, 0.5) is 11.4 Å². The van der Waals surface area contributed by atoms with E-state index >= 15 is 0 Å². The van der Waals surface area contributed by atoms with Crippen LogP contribution in [-0.4, -0.2) is 6.29 Å². The minimum Gasteiger partial charge on any atom is -0.303 e. The first kappa shape index (κ1) is 13.8. The van der Waals surface area contributed by atoms with Gasteiger partial charge in [0.05, 0.1) is 11.4 Å². The molecule has 0 atom stereocenters. The molecular weight excluding hydrogens is 224 g/mol. The summed E-state index contributed by atoms with van der Waals surface area (Å²) < 4.78 is 0. The topological polar surface area (TPSA) is 41.8 Å². The van der Waals surface area contributed by atoms with Gasteiger partial charge in [-0.25, -0.2) is 0 Å². The minimum atomic E-state index is 0.639. The average molecular weight is 240 g/mol. The summed E-state index contributed by atoms with van der Waals surface area (Å²) in [6.45, 7) is 1.81. The Morgan fingerprint density at radius 1 is 0.833 bits per heavy atom. The predicted molar refractivity (Wildman–Crippen MR) is 73.4 cm³/mol. The lowest BCUT2D eigenvalue weighted by atomic mass is 10.3. The number of hydrogen-bond acceptors (Lipinski definition) is 3. The van der Waals surface area contributed by atoms with Crippen LogP contribution < -0.4 is 0 Å². The minimum absolute atomic E-state index is 0.639. The van der Waals surface area contributed by atoms with Crippen molar-refractivity contribution in [3.05, 3.63) is 60.7 Å². The van der Waals surface area contributed by atoms with Crippen molar-refractivity contribution in [2.45, 2.75) is 13.3 Å². The molecule has 18 heavy (non-hydrogen) atoms. The van der Waals surface area contributed by atoms with Crippen molar-refractivity contribution in [2.24, 2.45) is 10.2 Å². The zero-order valence-corrected chi connectivity index (χ0v) is 10.4. The third-order valence-corrected chi connectivity index (χ3v) is 1.96. The second-order valence-corrected chi connectivity index (χ2v) is 3.45. The molecule has 0 unspecified atom stereocenters. The summed E-state index contributed by atoms with van der Waals surface area (Å²) in [6.07, 6.45) is 1.51. The van der Waals surface area contributed by atoms with E-state index in [-0.39, 0.29) is 0 Å². The van der Waals surface area contributed by atoms with Crippen molar-refractivity contribution in [2.75, 3.05) is 0 Å². The number of carbonyl (C=O) groups is 1. The Hall–Kier alpha value is -2.29. The Bertz CT molecular complexity index is 425.